The molecule has 0 saturated heterocycles. The molecule has 0 bridgehead atoms. The van der Waals surface area contributed by atoms with Crippen LogP contribution in [0.2, 0.25) is 0 Å². The maximum absolute atomic E-state index is 11.9. The zero-order chi connectivity index (χ0) is 18.3. The van der Waals surface area contributed by atoms with Gasteiger partial charge in [-0.25, -0.2) is 4.79 Å². The van der Waals surface area contributed by atoms with Crippen LogP contribution in [0.15, 0.2) is 54.6 Å². The van der Waals surface area contributed by atoms with Crippen LogP contribution < -0.4 is 15.4 Å². The highest BCUT2D eigenvalue weighted by molar-refractivity contribution is 5.74. The zero-order valence-corrected chi connectivity index (χ0v) is 15.5. The molecule has 0 fully saturated rings. The van der Waals surface area contributed by atoms with E-state index in [-0.39, 0.29) is 17.5 Å². The van der Waals surface area contributed by atoms with E-state index in [1.54, 1.807) is 0 Å². The van der Waals surface area contributed by atoms with Gasteiger partial charge in [0.15, 0.2) is 0 Å². The number of hydrogen-bond donors (Lipinski definition) is 2. The highest BCUT2D eigenvalue weighted by atomic mass is 16.5. The van der Waals surface area contributed by atoms with Gasteiger partial charge in [-0.3, -0.25) is 0 Å². The summed E-state index contributed by atoms with van der Waals surface area (Å²) >= 11 is 0. The van der Waals surface area contributed by atoms with E-state index in [0.29, 0.717) is 13.2 Å². The van der Waals surface area contributed by atoms with E-state index in [2.05, 4.69) is 43.5 Å². The van der Waals surface area contributed by atoms with Gasteiger partial charge in [0, 0.05) is 0 Å². The molecule has 0 heterocycles. The molecule has 134 valence electrons. The second-order valence-electron chi connectivity index (χ2n) is 7.16. The standard InChI is InChI=1S/C21H28N2O2/c1-16(17-9-6-5-7-10-17)23-20(24)22-13-14-25-19-12-8-11-18(15-19)21(2,3)4/h5-12,15-16H,13-14H2,1-4H3,(H2,22,23,24). The molecule has 2 aromatic rings. The molecule has 0 radical (unpaired) electrons. The van der Waals surface area contributed by atoms with Crippen LogP contribution in [-0.4, -0.2) is 19.2 Å². The first-order chi connectivity index (χ1) is 11.9. The van der Waals surface area contributed by atoms with Crippen LogP contribution in [0, 0.1) is 0 Å². The minimum Gasteiger partial charge on any atom is -0.492 e. The van der Waals surface area contributed by atoms with Crippen LogP contribution in [0.25, 0.3) is 0 Å². The van der Waals surface area contributed by atoms with Crippen molar-refractivity contribution in [3.63, 3.8) is 0 Å². The van der Waals surface area contributed by atoms with Crippen LogP contribution in [0.1, 0.15) is 44.9 Å². The summed E-state index contributed by atoms with van der Waals surface area (Å²) in [4.78, 5) is 11.9. The van der Waals surface area contributed by atoms with Gasteiger partial charge in [-0.2, -0.15) is 0 Å². The lowest BCUT2D eigenvalue weighted by molar-refractivity contribution is 0.233. The van der Waals surface area contributed by atoms with Gasteiger partial charge >= 0.3 is 6.03 Å². The fraction of sp³-hybridized carbons (Fsp3) is 0.381. The first-order valence-electron chi connectivity index (χ1n) is 8.69. The molecule has 0 aliphatic carbocycles. The maximum Gasteiger partial charge on any atom is 0.315 e. The van der Waals surface area contributed by atoms with E-state index in [9.17, 15) is 4.79 Å². The van der Waals surface area contributed by atoms with Crippen molar-refractivity contribution in [1.29, 1.82) is 0 Å². The van der Waals surface area contributed by atoms with E-state index in [1.807, 2.05) is 49.4 Å². The van der Waals surface area contributed by atoms with Crippen LogP contribution in [0.4, 0.5) is 4.79 Å². The predicted molar refractivity (Wildman–Crippen MR) is 102 cm³/mol. The van der Waals surface area contributed by atoms with Crippen LogP contribution >= 0.6 is 0 Å². The van der Waals surface area contributed by atoms with Crippen molar-refractivity contribution in [1.82, 2.24) is 10.6 Å². The molecule has 4 heteroatoms. The summed E-state index contributed by atoms with van der Waals surface area (Å²) in [6, 6.07) is 17.7. The van der Waals surface area contributed by atoms with Crippen molar-refractivity contribution in [2.75, 3.05) is 13.2 Å². The molecular weight excluding hydrogens is 312 g/mol. The maximum atomic E-state index is 11.9. The second-order valence-corrected chi connectivity index (χ2v) is 7.16. The lowest BCUT2D eigenvalue weighted by atomic mass is 9.87. The molecule has 1 unspecified atom stereocenters. The topological polar surface area (TPSA) is 50.4 Å². The summed E-state index contributed by atoms with van der Waals surface area (Å²) in [6.45, 7) is 9.36. The molecule has 2 aromatic carbocycles. The van der Waals surface area contributed by atoms with Gasteiger partial charge in [0.2, 0.25) is 0 Å². The average molecular weight is 340 g/mol. The number of carbonyl (C=O) groups is 1. The normalized spacial score (nSPS) is 12.3. The van der Waals surface area contributed by atoms with Crippen molar-refractivity contribution in [3.05, 3.63) is 65.7 Å². The van der Waals surface area contributed by atoms with Crippen LogP contribution in [0.3, 0.4) is 0 Å². The second kappa shape index (κ2) is 8.56. The Morgan fingerprint density at radius 3 is 2.48 bits per heavy atom. The van der Waals surface area contributed by atoms with Crippen LogP contribution in [0.5, 0.6) is 5.75 Å². The Morgan fingerprint density at radius 2 is 1.80 bits per heavy atom. The summed E-state index contributed by atoms with van der Waals surface area (Å²) < 4.78 is 5.74. The highest BCUT2D eigenvalue weighted by Crippen LogP contribution is 2.25. The summed E-state index contributed by atoms with van der Waals surface area (Å²) in [6.07, 6.45) is 0. The van der Waals surface area contributed by atoms with Crippen molar-refractivity contribution < 1.29 is 9.53 Å². The molecule has 2 rings (SSSR count). The van der Waals surface area contributed by atoms with E-state index in [4.69, 9.17) is 4.74 Å². The van der Waals surface area contributed by atoms with Crippen molar-refractivity contribution in [2.45, 2.75) is 39.2 Å². The van der Waals surface area contributed by atoms with Gasteiger partial charge in [-0.1, -0.05) is 63.2 Å². The smallest absolute Gasteiger partial charge is 0.315 e. The predicted octanol–water partition coefficient (Wildman–Crippen LogP) is 4.42. The van der Waals surface area contributed by atoms with E-state index < -0.39 is 0 Å². The van der Waals surface area contributed by atoms with Crippen LogP contribution in [-0.2, 0) is 5.41 Å². The number of rotatable bonds is 6. The number of ether oxygens (including phenoxy) is 1. The lowest BCUT2D eigenvalue weighted by Gasteiger charge is -2.20. The molecule has 0 aromatic heterocycles. The largest absolute Gasteiger partial charge is 0.492 e. The first kappa shape index (κ1) is 18.8. The molecule has 2 amide bonds. The monoisotopic (exact) mass is 340 g/mol. The number of hydrogen-bond acceptors (Lipinski definition) is 2. The molecule has 0 aliphatic heterocycles. The SMILES string of the molecule is CC(NC(=O)NCCOc1cccc(C(C)(C)C)c1)c1ccccc1. The quantitative estimate of drug-likeness (QED) is 0.765. The first-order valence-corrected chi connectivity index (χ1v) is 8.69. The minimum absolute atomic E-state index is 0.0365. The molecule has 0 spiro atoms. The fourth-order valence-electron chi connectivity index (χ4n) is 2.46. The number of nitrogens with one attached hydrogen (secondary N) is 2. The highest BCUT2D eigenvalue weighted by Gasteiger charge is 2.14. The molecular formula is C21H28N2O2. The number of amides is 2. The lowest BCUT2D eigenvalue weighted by Crippen LogP contribution is -2.38. The summed E-state index contributed by atoms with van der Waals surface area (Å²) in [5.41, 5.74) is 2.39. The minimum atomic E-state index is -0.191. The number of benzene rings is 2. The van der Waals surface area contributed by atoms with Gasteiger partial charge in [-0.05, 0) is 35.6 Å². The Hall–Kier alpha value is -2.49. The van der Waals surface area contributed by atoms with E-state index in [1.165, 1.54) is 5.56 Å². The molecule has 0 saturated carbocycles. The van der Waals surface area contributed by atoms with Crippen molar-refractivity contribution >= 4 is 6.03 Å². The van der Waals surface area contributed by atoms with Crippen molar-refractivity contribution in [2.24, 2.45) is 0 Å². The van der Waals surface area contributed by atoms with Gasteiger partial charge in [0.25, 0.3) is 0 Å². The van der Waals surface area contributed by atoms with E-state index >= 15 is 0 Å². The fourth-order valence-corrected chi connectivity index (χ4v) is 2.46. The molecule has 25 heavy (non-hydrogen) atoms. The zero-order valence-electron chi connectivity index (χ0n) is 15.5. The Labute approximate surface area is 150 Å². The third-order valence-electron chi connectivity index (χ3n) is 4.00. The summed E-state index contributed by atoms with van der Waals surface area (Å²) in [5, 5.41) is 5.74. The Balaban J connectivity index is 1.73. The third kappa shape index (κ3) is 6.14. The summed E-state index contributed by atoms with van der Waals surface area (Å²) in [7, 11) is 0. The average Bonchev–Trinajstić information content (AvgIpc) is 2.59. The molecule has 4 nitrogen and oxygen atoms in total. The molecule has 1 atom stereocenters. The Kier molecular flexibility index (Phi) is 6.45. The van der Waals surface area contributed by atoms with Gasteiger partial charge in [-0.15, -0.1) is 0 Å². The Morgan fingerprint density at radius 1 is 1.08 bits per heavy atom. The molecule has 2 N–H and O–H groups in total. The van der Waals surface area contributed by atoms with Gasteiger partial charge in [0.1, 0.15) is 12.4 Å². The number of urea groups is 1. The molecule has 0 aliphatic rings. The Bertz CT molecular complexity index is 678. The van der Waals surface area contributed by atoms with E-state index in [0.717, 1.165) is 11.3 Å². The third-order valence-corrected chi connectivity index (χ3v) is 4.00. The van der Waals surface area contributed by atoms with Gasteiger partial charge < -0.3 is 15.4 Å². The number of carbonyl (C=O) groups excluding carboxylic acids is 1. The summed E-state index contributed by atoms with van der Waals surface area (Å²) in [5.74, 6) is 0.826. The van der Waals surface area contributed by atoms with Crippen molar-refractivity contribution in [3.8, 4) is 5.75 Å². The van der Waals surface area contributed by atoms with Gasteiger partial charge in [0.05, 0.1) is 12.6 Å².